The molecule has 0 N–H and O–H groups in total. The first-order valence-electron chi connectivity index (χ1n) is 3.64. The molecule has 1 aliphatic heterocycles. The zero-order valence-electron chi connectivity index (χ0n) is 6.55. The molecule has 1 nitrogen and oxygen atoms in total. The molecule has 1 aliphatic rings. The fourth-order valence-electron chi connectivity index (χ4n) is 0.665. The lowest BCUT2D eigenvalue weighted by Gasteiger charge is -2.10. The molecule has 1 atom stereocenters. The smallest absolute Gasteiger partial charge is 0.0647 e. The van der Waals surface area contributed by atoms with E-state index in [-0.39, 0.29) is 0 Å². The van der Waals surface area contributed by atoms with Gasteiger partial charge in [0.25, 0.3) is 0 Å². The van der Waals surface area contributed by atoms with Crippen molar-refractivity contribution in [3.8, 4) is 0 Å². The second kappa shape index (κ2) is 5.83. The lowest BCUT2D eigenvalue weighted by Crippen LogP contribution is -2.07. The molecule has 0 aliphatic carbocycles. The van der Waals surface area contributed by atoms with E-state index in [0.717, 1.165) is 13.2 Å². The van der Waals surface area contributed by atoms with Gasteiger partial charge < -0.3 is 4.74 Å². The van der Waals surface area contributed by atoms with Gasteiger partial charge in [0.2, 0.25) is 0 Å². The van der Waals surface area contributed by atoms with E-state index in [1.807, 2.05) is 13.8 Å². The van der Waals surface area contributed by atoms with Gasteiger partial charge in [-0.2, -0.15) is 0 Å². The molecule has 1 unspecified atom stereocenters. The van der Waals surface area contributed by atoms with Crippen LogP contribution in [0.5, 0.6) is 0 Å². The van der Waals surface area contributed by atoms with Crippen molar-refractivity contribution in [1.82, 2.24) is 0 Å². The van der Waals surface area contributed by atoms with E-state index in [0.29, 0.717) is 5.92 Å². The minimum absolute atomic E-state index is 0.633. The van der Waals surface area contributed by atoms with E-state index in [4.69, 9.17) is 4.74 Å². The van der Waals surface area contributed by atoms with Crippen LogP contribution in [0, 0.1) is 5.92 Å². The van der Waals surface area contributed by atoms with Gasteiger partial charge in [0.1, 0.15) is 0 Å². The Kier molecular flexibility index (Phi) is 5.64. The maximum atomic E-state index is 5.09. The monoisotopic (exact) mass is 128 g/mol. The molecule has 0 bridgehead atoms. The third-order valence-electron chi connectivity index (χ3n) is 1.06. The average molecular weight is 128 g/mol. The number of rotatable bonds is 0. The van der Waals surface area contributed by atoms with Crippen LogP contribution in [0.3, 0.4) is 0 Å². The van der Waals surface area contributed by atoms with E-state index in [2.05, 4.69) is 19.1 Å². The van der Waals surface area contributed by atoms with Crippen LogP contribution in [0.4, 0.5) is 0 Å². The lowest BCUT2D eigenvalue weighted by molar-refractivity contribution is 0.131. The number of ether oxygens (including phenoxy) is 1. The Labute approximate surface area is 57.7 Å². The highest BCUT2D eigenvalue weighted by atomic mass is 16.5. The second-order valence-corrected chi connectivity index (χ2v) is 1.94. The molecule has 9 heavy (non-hydrogen) atoms. The van der Waals surface area contributed by atoms with Crippen molar-refractivity contribution in [3.63, 3.8) is 0 Å². The fraction of sp³-hybridized carbons (Fsp3) is 0.750. The minimum Gasteiger partial charge on any atom is -0.377 e. The minimum atomic E-state index is 0.633. The van der Waals surface area contributed by atoms with Crippen molar-refractivity contribution in [2.24, 2.45) is 5.92 Å². The first-order chi connectivity index (χ1) is 4.39. The number of hydrogen-bond acceptors (Lipinski definition) is 1. The summed E-state index contributed by atoms with van der Waals surface area (Å²) < 4.78 is 5.09. The van der Waals surface area contributed by atoms with E-state index in [1.54, 1.807) is 0 Å². The van der Waals surface area contributed by atoms with Crippen LogP contribution >= 0.6 is 0 Å². The Morgan fingerprint density at radius 1 is 1.44 bits per heavy atom. The highest BCUT2D eigenvalue weighted by Crippen LogP contribution is 2.02. The van der Waals surface area contributed by atoms with Gasteiger partial charge in [-0.15, -0.1) is 0 Å². The molecule has 0 amide bonds. The molecule has 0 spiro atoms. The molecule has 0 aromatic carbocycles. The normalized spacial score (nSPS) is 24.6. The SMILES string of the molecule is CC.CC1C=CCOC1. The Morgan fingerprint density at radius 3 is 2.33 bits per heavy atom. The van der Waals surface area contributed by atoms with Crippen LogP contribution in [-0.4, -0.2) is 13.2 Å². The van der Waals surface area contributed by atoms with Gasteiger partial charge in [-0.1, -0.05) is 32.9 Å². The van der Waals surface area contributed by atoms with Crippen LogP contribution in [0.2, 0.25) is 0 Å². The molecular weight excluding hydrogens is 112 g/mol. The van der Waals surface area contributed by atoms with Crippen LogP contribution in [0.15, 0.2) is 12.2 Å². The largest absolute Gasteiger partial charge is 0.377 e. The summed E-state index contributed by atoms with van der Waals surface area (Å²) in [5.74, 6) is 0.633. The quantitative estimate of drug-likeness (QED) is 0.454. The highest BCUT2D eigenvalue weighted by Gasteiger charge is 1.98. The van der Waals surface area contributed by atoms with Crippen molar-refractivity contribution in [1.29, 1.82) is 0 Å². The van der Waals surface area contributed by atoms with Gasteiger partial charge in [0, 0.05) is 0 Å². The summed E-state index contributed by atoms with van der Waals surface area (Å²) in [4.78, 5) is 0. The second-order valence-electron chi connectivity index (χ2n) is 1.94. The summed E-state index contributed by atoms with van der Waals surface area (Å²) in [7, 11) is 0. The van der Waals surface area contributed by atoms with Gasteiger partial charge in [-0.3, -0.25) is 0 Å². The third-order valence-corrected chi connectivity index (χ3v) is 1.06. The van der Waals surface area contributed by atoms with E-state index < -0.39 is 0 Å². The van der Waals surface area contributed by atoms with Crippen molar-refractivity contribution in [2.75, 3.05) is 13.2 Å². The molecule has 0 aromatic rings. The molecule has 0 aromatic heterocycles. The Balaban J connectivity index is 0.000000291. The summed E-state index contributed by atoms with van der Waals surface area (Å²) in [6.45, 7) is 7.86. The summed E-state index contributed by atoms with van der Waals surface area (Å²) in [6.07, 6.45) is 4.25. The molecule has 0 saturated heterocycles. The Hall–Kier alpha value is -0.300. The predicted octanol–water partition coefficient (Wildman–Crippen LogP) is 2.24. The third kappa shape index (κ3) is 4.22. The van der Waals surface area contributed by atoms with E-state index in [1.165, 1.54) is 0 Å². The van der Waals surface area contributed by atoms with Gasteiger partial charge in [-0.05, 0) is 5.92 Å². The topological polar surface area (TPSA) is 9.23 Å². The maximum absolute atomic E-state index is 5.09. The standard InChI is InChI=1S/C6H10O.C2H6/c1-6-3-2-4-7-5-6;1-2/h2-3,6H,4-5H2,1H3;1-2H3. The maximum Gasteiger partial charge on any atom is 0.0647 e. The van der Waals surface area contributed by atoms with Gasteiger partial charge >= 0.3 is 0 Å². The molecule has 0 radical (unpaired) electrons. The highest BCUT2D eigenvalue weighted by molar-refractivity contribution is 4.89. The number of hydrogen-bond donors (Lipinski definition) is 0. The molecule has 0 fully saturated rings. The lowest BCUT2D eigenvalue weighted by atomic mass is 10.1. The average Bonchev–Trinajstić information content (AvgIpc) is 1.94. The zero-order chi connectivity index (χ0) is 7.11. The first kappa shape index (κ1) is 8.70. The van der Waals surface area contributed by atoms with Gasteiger partial charge in [-0.25, -0.2) is 0 Å². The summed E-state index contributed by atoms with van der Waals surface area (Å²) >= 11 is 0. The van der Waals surface area contributed by atoms with Crippen molar-refractivity contribution >= 4 is 0 Å². The summed E-state index contributed by atoms with van der Waals surface area (Å²) in [5.41, 5.74) is 0. The van der Waals surface area contributed by atoms with Crippen LogP contribution in [0.1, 0.15) is 20.8 Å². The summed E-state index contributed by atoms with van der Waals surface area (Å²) in [5, 5.41) is 0. The molecule has 0 saturated carbocycles. The first-order valence-corrected chi connectivity index (χ1v) is 3.64. The van der Waals surface area contributed by atoms with Crippen LogP contribution in [-0.2, 0) is 4.74 Å². The summed E-state index contributed by atoms with van der Waals surface area (Å²) in [6, 6.07) is 0. The van der Waals surface area contributed by atoms with Crippen molar-refractivity contribution in [2.45, 2.75) is 20.8 Å². The molecule has 54 valence electrons. The van der Waals surface area contributed by atoms with Crippen LogP contribution in [0.25, 0.3) is 0 Å². The van der Waals surface area contributed by atoms with E-state index >= 15 is 0 Å². The zero-order valence-corrected chi connectivity index (χ0v) is 6.55. The van der Waals surface area contributed by atoms with Gasteiger partial charge in [0.15, 0.2) is 0 Å². The fourth-order valence-corrected chi connectivity index (χ4v) is 0.665. The van der Waals surface area contributed by atoms with Crippen molar-refractivity contribution in [3.05, 3.63) is 12.2 Å². The molecular formula is C8H16O. The molecule has 1 rings (SSSR count). The Morgan fingerprint density at radius 2 is 2.11 bits per heavy atom. The van der Waals surface area contributed by atoms with Crippen molar-refractivity contribution < 1.29 is 4.74 Å². The Bertz CT molecular complexity index is 76.6. The van der Waals surface area contributed by atoms with Gasteiger partial charge in [0.05, 0.1) is 13.2 Å². The molecule has 1 heteroatoms. The predicted molar refractivity (Wildman–Crippen MR) is 40.5 cm³/mol. The van der Waals surface area contributed by atoms with E-state index in [9.17, 15) is 0 Å². The molecule has 1 heterocycles. The van der Waals surface area contributed by atoms with Crippen LogP contribution < -0.4 is 0 Å².